The zero-order chi connectivity index (χ0) is 15.9. The first-order valence-electron chi connectivity index (χ1n) is 7.08. The van der Waals surface area contributed by atoms with E-state index in [1.165, 1.54) is 0 Å². The SMILES string of the molecule is CCOP(=O)(CC(=Cc1ccccc1)C(=O)O)CC(C)C. The van der Waals surface area contributed by atoms with Crippen LogP contribution in [0.3, 0.4) is 0 Å². The van der Waals surface area contributed by atoms with Crippen LogP contribution in [0.4, 0.5) is 0 Å². The molecular formula is C16H23O4P. The Bertz CT molecular complexity index is 534. The molecule has 0 heterocycles. The van der Waals surface area contributed by atoms with E-state index < -0.39 is 13.3 Å². The monoisotopic (exact) mass is 310 g/mol. The van der Waals surface area contributed by atoms with Crippen LogP contribution in [0.5, 0.6) is 0 Å². The minimum Gasteiger partial charge on any atom is -0.478 e. The van der Waals surface area contributed by atoms with Crippen molar-refractivity contribution in [3.8, 4) is 0 Å². The molecule has 1 aromatic rings. The zero-order valence-electron chi connectivity index (χ0n) is 12.8. The van der Waals surface area contributed by atoms with Gasteiger partial charge >= 0.3 is 5.97 Å². The Morgan fingerprint density at radius 2 is 1.95 bits per heavy atom. The van der Waals surface area contributed by atoms with Crippen molar-refractivity contribution in [2.75, 3.05) is 18.9 Å². The Morgan fingerprint density at radius 1 is 1.33 bits per heavy atom. The third-order valence-electron chi connectivity index (χ3n) is 2.83. The molecule has 1 aromatic carbocycles. The van der Waals surface area contributed by atoms with Crippen molar-refractivity contribution in [3.63, 3.8) is 0 Å². The molecule has 0 aliphatic carbocycles. The van der Waals surface area contributed by atoms with Gasteiger partial charge in [0.2, 0.25) is 7.37 Å². The average Bonchev–Trinajstić information content (AvgIpc) is 2.38. The van der Waals surface area contributed by atoms with Crippen LogP contribution in [0.15, 0.2) is 35.9 Å². The molecule has 1 N–H and O–H groups in total. The van der Waals surface area contributed by atoms with Crippen LogP contribution < -0.4 is 0 Å². The van der Waals surface area contributed by atoms with Gasteiger partial charge in [-0.1, -0.05) is 44.2 Å². The predicted octanol–water partition coefficient (Wildman–Crippen LogP) is 4.13. The molecule has 4 nitrogen and oxygen atoms in total. The molecule has 0 aliphatic rings. The van der Waals surface area contributed by atoms with Gasteiger partial charge in [0.15, 0.2) is 0 Å². The summed E-state index contributed by atoms with van der Waals surface area (Å²) in [5, 5.41) is 9.36. The van der Waals surface area contributed by atoms with Gasteiger partial charge in [-0.25, -0.2) is 4.79 Å². The summed E-state index contributed by atoms with van der Waals surface area (Å²) in [5.41, 5.74) is 0.904. The van der Waals surface area contributed by atoms with Gasteiger partial charge in [-0.3, -0.25) is 4.57 Å². The van der Waals surface area contributed by atoms with Gasteiger partial charge in [-0.2, -0.15) is 0 Å². The molecule has 0 amide bonds. The van der Waals surface area contributed by atoms with Crippen molar-refractivity contribution in [1.82, 2.24) is 0 Å². The van der Waals surface area contributed by atoms with E-state index in [4.69, 9.17) is 4.52 Å². The largest absolute Gasteiger partial charge is 0.478 e. The summed E-state index contributed by atoms with van der Waals surface area (Å²) in [6.45, 7) is 6.00. The summed E-state index contributed by atoms with van der Waals surface area (Å²) in [6.07, 6.45) is 1.91. The second-order valence-corrected chi connectivity index (χ2v) is 7.92. The number of benzene rings is 1. The van der Waals surface area contributed by atoms with E-state index in [0.29, 0.717) is 12.8 Å². The number of carboxylic acids is 1. The highest BCUT2D eigenvalue weighted by atomic mass is 31.2. The van der Waals surface area contributed by atoms with Crippen molar-refractivity contribution >= 4 is 19.4 Å². The van der Waals surface area contributed by atoms with E-state index in [1.54, 1.807) is 13.0 Å². The zero-order valence-corrected chi connectivity index (χ0v) is 13.7. The standard InChI is InChI=1S/C16H23O4P/c1-4-20-21(19,11-13(2)3)12-15(16(17)18)10-14-8-6-5-7-9-14/h5-10,13H,4,11-12H2,1-3H3,(H,17,18). The maximum Gasteiger partial charge on any atom is 0.332 e. The highest BCUT2D eigenvalue weighted by Gasteiger charge is 2.28. The van der Waals surface area contributed by atoms with E-state index >= 15 is 0 Å². The summed E-state index contributed by atoms with van der Waals surface area (Å²) >= 11 is 0. The molecule has 1 rings (SSSR count). The summed E-state index contributed by atoms with van der Waals surface area (Å²) in [7, 11) is -2.97. The Labute approximate surface area is 126 Å². The fourth-order valence-corrected chi connectivity index (χ4v) is 4.79. The lowest BCUT2D eigenvalue weighted by Crippen LogP contribution is -2.11. The topological polar surface area (TPSA) is 63.6 Å². The Kier molecular flexibility index (Phi) is 6.86. The van der Waals surface area contributed by atoms with Crippen LogP contribution in [0, 0.1) is 5.92 Å². The minimum atomic E-state index is -2.97. The molecule has 0 saturated heterocycles. The van der Waals surface area contributed by atoms with Gasteiger partial charge in [0.05, 0.1) is 12.8 Å². The van der Waals surface area contributed by atoms with Gasteiger partial charge in [-0.05, 0) is 24.5 Å². The van der Waals surface area contributed by atoms with Crippen molar-refractivity contribution in [1.29, 1.82) is 0 Å². The lowest BCUT2D eigenvalue weighted by molar-refractivity contribution is -0.132. The maximum atomic E-state index is 12.8. The summed E-state index contributed by atoms with van der Waals surface area (Å²) in [5.74, 6) is -0.864. The van der Waals surface area contributed by atoms with Crippen LogP contribution in [0.2, 0.25) is 0 Å². The molecular weight excluding hydrogens is 287 g/mol. The van der Waals surface area contributed by atoms with E-state index in [2.05, 4.69) is 0 Å². The van der Waals surface area contributed by atoms with E-state index in [9.17, 15) is 14.5 Å². The van der Waals surface area contributed by atoms with Crippen LogP contribution in [0.1, 0.15) is 26.3 Å². The molecule has 0 aromatic heterocycles. The number of rotatable bonds is 8. The van der Waals surface area contributed by atoms with E-state index in [-0.39, 0.29) is 17.7 Å². The average molecular weight is 310 g/mol. The van der Waals surface area contributed by atoms with Crippen LogP contribution in [0.25, 0.3) is 6.08 Å². The van der Waals surface area contributed by atoms with Crippen molar-refractivity contribution in [2.24, 2.45) is 5.92 Å². The van der Waals surface area contributed by atoms with Crippen molar-refractivity contribution < 1.29 is 19.0 Å². The Hall–Kier alpha value is -1.38. The fourth-order valence-electron chi connectivity index (χ4n) is 2.14. The summed E-state index contributed by atoms with van der Waals surface area (Å²) in [6, 6.07) is 9.17. The number of aliphatic carboxylic acids is 1. The third-order valence-corrected chi connectivity index (χ3v) is 5.67. The van der Waals surface area contributed by atoms with E-state index in [1.807, 2.05) is 44.2 Å². The number of carboxylic acid groups (broad SMARTS) is 1. The minimum absolute atomic E-state index is 0.0384. The van der Waals surface area contributed by atoms with Crippen LogP contribution in [-0.4, -0.2) is 30.0 Å². The van der Waals surface area contributed by atoms with Gasteiger partial charge < -0.3 is 9.63 Å². The molecule has 0 radical (unpaired) electrons. The van der Waals surface area contributed by atoms with Gasteiger partial charge in [0, 0.05) is 11.7 Å². The number of hydrogen-bond donors (Lipinski definition) is 1. The normalized spacial score (nSPS) is 15.0. The molecule has 1 atom stereocenters. The number of carbonyl (C=O) groups is 1. The molecule has 0 bridgehead atoms. The van der Waals surface area contributed by atoms with Gasteiger partial charge in [0.1, 0.15) is 0 Å². The first kappa shape index (κ1) is 17.7. The van der Waals surface area contributed by atoms with Crippen molar-refractivity contribution in [2.45, 2.75) is 20.8 Å². The second kappa shape index (κ2) is 8.16. The summed E-state index contributed by atoms with van der Waals surface area (Å²) < 4.78 is 18.2. The van der Waals surface area contributed by atoms with Crippen LogP contribution in [-0.2, 0) is 13.9 Å². The Morgan fingerprint density at radius 3 is 2.43 bits per heavy atom. The highest BCUT2D eigenvalue weighted by molar-refractivity contribution is 7.59. The lowest BCUT2D eigenvalue weighted by atomic mass is 10.1. The first-order chi connectivity index (χ1) is 9.86. The molecule has 0 spiro atoms. The Balaban J connectivity index is 3.03. The van der Waals surface area contributed by atoms with Gasteiger partial charge in [-0.15, -0.1) is 0 Å². The molecule has 1 unspecified atom stereocenters. The van der Waals surface area contributed by atoms with E-state index in [0.717, 1.165) is 5.56 Å². The molecule has 0 fully saturated rings. The molecule has 5 heteroatoms. The van der Waals surface area contributed by atoms with Gasteiger partial charge in [0.25, 0.3) is 0 Å². The molecule has 0 saturated carbocycles. The third kappa shape index (κ3) is 6.28. The van der Waals surface area contributed by atoms with Crippen molar-refractivity contribution in [3.05, 3.63) is 41.5 Å². The molecule has 0 aliphatic heterocycles. The smallest absolute Gasteiger partial charge is 0.332 e. The summed E-state index contributed by atoms with van der Waals surface area (Å²) in [4.78, 5) is 11.4. The maximum absolute atomic E-state index is 12.8. The molecule has 21 heavy (non-hydrogen) atoms. The fraction of sp³-hybridized carbons (Fsp3) is 0.438. The highest BCUT2D eigenvalue weighted by Crippen LogP contribution is 2.50. The predicted molar refractivity (Wildman–Crippen MR) is 85.9 cm³/mol. The quantitative estimate of drug-likeness (QED) is 0.579. The lowest BCUT2D eigenvalue weighted by Gasteiger charge is -2.20. The first-order valence-corrected chi connectivity index (χ1v) is 9.07. The number of hydrogen-bond acceptors (Lipinski definition) is 3. The molecule has 116 valence electrons. The van der Waals surface area contributed by atoms with Crippen LogP contribution >= 0.6 is 7.37 Å². The second-order valence-electron chi connectivity index (χ2n) is 5.35.